The molecule has 1 fully saturated rings. The number of hydrogen-bond donors (Lipinski definition) is 1. The number of hydrogen-bond acceptors (Lipinski definition) is 2. The average molecular weight is 171 g/mol. The summed E-state index contributed by atoms with van der Waals surface area (Å²) in [7, 11) is 0. The van der Waals surface area contributed by atoms with Gasteiger partial charge in [-0.05, 0) is 25.2 Å². The van der Waals surface area contributed by atoms with Gasteiger partial charge in [0.1, 0.15) is 5.72 Å². The maximum Gasteiger partial charge on any atom is 0.113 e. The third kappa shape index (κ3) is 2.46. The Bertz CT molecular complexity index is 148. The van der Waals surface area contributed by atoms with E-state index in [2.05, 4.69) is 39.9 Å². The second-order valence-electron chi connectivity index (χ2n) is 5.27. The maximum absolute atomic E-state index is 5.69. The van der Waals surface area contributed by atoms with Gasteiger partial charge < -0.3 is 4.74 Å². The van der Waals surface area contributed by atoms with Crippen LogP contribution >= 0.6 is 0 Å². The standard InChI is InChI=1S/C10H21NO/c1-9(2,3)8-6-11-10(4,5)12-7-8/h8,11H,6-7H2,1-5H3. The lowest BCUT2D eigenvalue weighted by Gasteiger charge is -2.41. The van der Waals surface area contributed by atoms with Crippen LogP contribution in [-0.4, -0.2) is 18.9 Å². The first kappa shape index (κ1) is 10.0. The minimum atomic E-state index is -0.123. The lowest BCUT2D eigenvalue weighted by Crippen LogP contribution is -2.53. The molecule has 2 heteroatoms. The molecule has 12 heavy (non-hydrogen) atoms. The van der Waals surface area contributed by atoms with Gasteiger partial charge in [-0.15, -0.1) is 0 Å². The Hall–Kier alpha value is -0.0800. The summed E-state index contributed by atoms with van der Waals surface area (Å²) in [4.78, 5) is 0. The van der Waals surface area contributed by atoms with Gasteiger partial charge in [0.25, 0.3) is 0 Å². The lowest BCUT2D eigenvalue weighted by molar-refractivity contribution is -0.110. The Morgan fingerprint density at radius 2 is 1.92 bits per heavy atom. The van der Waals surface area contributed by atoms with Crippen LogP contribution in [-0.2, 0) is 4.74 Å². The van der Waals surface area contributed by atoms with E-state index in [-0.39, 0.29) is 5.72 Å². The molecule has 1 aliphatic rings. The van der Waals surface area contributed by atoms with Crippen molar-refractivity contribution in [3.05, 3.63) is 0 Å². The van der Waals surface area contributed by atoms with E-state index in [1.54, 1.807) is 0 Å². The molecule has 1 rings (SSSR count). The summed E-state index contributed by atoms with van der Waals surface area (Å²) in [5.74, 6) is 0.630. The Morgan fingerprint density at radius 1 is 1.33 bits per heavy atom. The molecule has 1 saturated heterocycles. The molecular formula is C10H21NO. The summed E-state index contributed by atoms with van der Waals surface area (Å²) in [6, 6.07) is 0. The molecule has 2 nitrogen and oxygen atoms in total. The molecule has 0 aliphatic carbocycles. The van der Waals surface area contributed by atoms with Gasteiger partial charge in [0, 0.05) is 6.54 Å². The highest BCUT2D eigenvalue weighted by atomic mass is 16.5. The number of ether oxygens (including phenoxy) is 1. The Balaban J connectivity index is 2.47. The first-order valence-corrected chi connectivity index (χ1v) is 4.70. The van der Waals surface area contributed by atoms with Gasteiger partial charge in [-0.2, -0.15) is 0 Å². The summed E-state index contributed by atoms with van der Waals surface area (Å²) >= 11 is 0. The van der Waals surface area contributed by atoms with Crippen molar-refractivity contribution < 1.29 is 4.74 Å². The van der Waals surface area contributed by atoms with Crippen molar-refractivity contribution in [2.75, 3.05) is 13.2 Å². The van der Waals surface area contributed by atoms with Crippen molar-refractivity contribution >= 4 is 0 Å². The van der Waals surface area contributed by atoms with Crippen LogP contribution in [0.25, 0.3) is 0 Å². The summed E-state index contributed by atoms with van der Waals surface area (Å²) in [6.07, 6.45) is 0. The second-order valence-corrected chi connectivity index (χ2v) is 5.27. The Labute approximate surface area is 75.7 Å². The fourth-order valence-corrected chi connectivity index (χ4v) is 1.34. The molecule has 0 bridgehead atoms. The molecule has 0 aromatic carbocycles. The first-order chi connectivity index (χ1) is 5.31. The van der Waals surface area contributed by atoms with E-state index in [1.807, 2.05) is 0 Å². The normalized spacial score (nSPS) is 30.2. The van der Waals surface area contributed by atoms with Gasteiger partial charge in [-0.1, -0.05) is 20.8 Å². The highest BCUT2D eigenvalue weighted by Gasteiger charge is 2.33. The zero-order valence-electron chi connectivity index (χ0n) is 8.90. The molecule has 1 unspecified atom stereocenters. The van der Waals surface area contributed by atoms with Crippen LogP contribution in [0, 0.1) is 11.3 Å². The van der Waals surface area contributed by atoms with Gasteiger partial charge >= 0.3 is 0 Å². The fraction of sp³-hybridized carbons (Fsp3) is 1.00. The van der Waals surface area contributed by atoms with Crippen LogP contribution in [0.1, 0.15) is 34.6 Å². The van der Waals surface area contributed by atoms with E-state index in [1.165, 1.54) is 0 Å². The molecule has 1 aliphatic heterocycles. The fourth-order valence-electron chi connectivity index (χ4n) is 1.34. The summed E-state index contributed by atoms with van der Waals surface area (Å²) in [6.45, 7) is 12.9. The number of rotatable bonds is 0. The largest absolute Gasteiger partial charge is 0.361 e. The van der Waals surface area contributed by atoms with Crippen molar-refractivity contribution in [1.82, 2.24) is 5.32 Å². The monoisotopic (exact) mass is 171 g/mol. The van der Waals surface area contributed by atoms with Crippen LogP contribution in [0.4, 0.5) is 0 Å². The first-order valence-electron chi connectivity index (χ1n) is 4.70. The summed E-state index contributed by atoms with van der Waals surface area (Å²) < 4.78 is 5.69. The zero-order chi connectivity index (χ0) is 9.41. The topological polar surface area (TPSA) is 21.3 Å². The SMILES string of the molecule is CC1(C)NCC(C(C)(C)C)CO1. The van der Waals surface area contributed by atoms with E-state index >= 15 is 0 Å². The van der Waals surface area contributed by atoms with E-state index in [0.717, 1.165) is 13.2 Å². The van der Waals surface area contributed by atoms with Crippen molar-refractivity contribution in [3.8, 4) is 0 Å². The number of nitrogens with one attached hydrogen (secondary N) is 1. The van der Waals surface area contributed by atoms with E-state index < -0.39 is 0 Å². The van der Waals surface area contributed by atoms with Gasteiger partial charge in [-0.25, -0.2) is 0 Å². The Morgan fingerprint density at radius 3 is 2.25 bits per heavy atom. The molecule has 0 amide bonds. The van der Waals surface area contributed by atoms with Gasteiger partial charge in [-0.3, -0.25) is 5.32 Å². The molecule has 72 valence electrons. The zero-order valence-corrected chi connectivity index (χ0v) is 8.90. The smallest absolute Gasteiger partial charge is 0.113 e. The highest BCUT2D eigenvalue weighted by Crippen LogP contribution is 2.29. The van der Waals surface area contributed by atoms with E-state index in [9.17, 15) is 0 Å². The molecule has 0 saturated carbocycles. The molecule has 0 aromatic rings. The molecule has 1 atom stereocenters. The van der Waals surface area contributed by atoms with Crippen LogP contribution < -0.4 is 5.32 Å². The van der Waals surface area contributed by atoms with Crippen molar-refractivity contribution in [2.45, 2.75) is 40.3 Å². The van der Waals surface area contributed by atoms with Crippen LogP contribution in [0.2, 0.25) is 0 Å². The Kier molecular flexibility index (Phi) is 2.50. The summed E-state index contributed by atoms with van der Waals surface area (Å²) in [5.41, 5.74) is 0.227. The van der Waals surface area contributed by atoms with Crippen molar-refractivity contribution in [1.29, 1.82) is 0 Å². The third-order valence-corrected chi connectivity index (χ3v) is 2.64. The molecule has 1 N–H and O–H groups in total. The molecule has 1 heterocycles. The predicted octanol–water partition coefficient (Wildman–Crippen LogP) is 2.00. The molecule has 0 aromatic heterocycles. The second kappa shape index (κ2) is 3.00. The maximum atomic E-state index is 5.69. The van der Waals surface area contributed by atoms with Crippen molar-refractivity contribution in [2.24, 2.45) is 11.3 Å². The third-order valence-electron chi connectivity index (χ3n) is 2.64. The molecule has 0 spiro atoms. The lowest BCUT2D eigenvalue weighted by atomic mass is 9.80. The predicted molar refractivity (Wildman–Crippen MR) is 51.0 cm³/mol. The minimum absolute atomic E-state index is 0.123. The van der Waals surface area contributed by atoms with E-state index in [4.69, 9.17) is 4.74 Å². The quantitative estimate of drug-likeness (QED) is 0.602. The van der Waals surface area contributed by atoms with Gasteiger partial charge in [0.2, 0.25) is 0 Å². The van der Waals surface area contributed by atoms with Gasteiger partial charge in [0.05, 0.1) is 6.61 Å². The molecular weight excluding hydrogens is 150 g/mol. The van der Waals surface area contributed by atoms with Crippen LogP contribution in [0.3, 0.4) is 0 Å². The van der Waals surface area contributed by atoms with Gasteiger partial charge in [0.15, 0.2) is 0 Å². The molecule has 0 radical (unpaired) electrons. The summed E-state index contributed by atoms with van der Waals surface area (Å²) in [5, 5.41) is 3.39. The van der Waals surface area contributed by atoms with Crippen LogP contribution in [0.15, 0.2) is 0 Å². The van der Waals surface area contributed by atoms with Crippen LogP contribution in [0.5, 0.6) is 0 Å². The highest BCUT2D eigenvalue weighted by molar-refractivity contribution is 4.82. The van der Waals surface area contributed by atoms with E-state index in [0.29, 0.717) is 11.3 Å². The average Bonchev–Trinajstić information content (AvgIpc) is 1.83. The van der Waals surface area contributed by atoms with Crippen molar-refractivity contribution in [3.63, 3.8) is 0 Å². The minimum Gasteiger partial charge on any atom is -0.361 e.